The van der Waals surface area contributed by atoms with E-state index < -0.39 is 0 Å². The third-order valence-corrected chi connectivity index (χ3v) is 4.60. The van der Waals surface area contributed by atoms with E-state index in [0.717, 1.165) is 23.4 Å². The molecule has 1 fully saturated rings. The van der Waals surface area contributed by atoms with E-state index in [9.17, 15) is 9.18 Å². The second kappa shape index (κ2) is 6.16. The molecule has 1 unspecified atom stereocenters. The first-order valence-electron chi connectivity index (χ1n) is 8.20. The number of likely N-dealkylation sites (tertiary alicyclic amines) is 1. The number of amides is 2. The van der Waals surface area contributed by atoms with Crippen LogP contribution in [-0.4, -0.2) is 38.6 Å². The molecule has 128 valence electrons. The second-order valence-corrected chi connectivity index (χ2v) is 6.24. The van der Waals surface area contributed by atoms with Crippen molar-refractivity contribution in [2.45, 2.75) is 12.3 Å². The lowest BCUT2D eigenvalue weighted by atomic mass is 10.1. The van der Waals surface area contributed by atoms with Gasteiger partial charge in [-0.05, 0) is 42.8 Å². The summed E-state index contributed by atoms with van der Waals surface area (Å²) in [6, 6.07) is 9.40. The van der Waals surface area contributed by atoms with Gasteiger partial charge in [-0.3, -0.25) is 0 Å². The van der Waals surface area contributed by atoms with Gasteiger partial charge in [0.05, 0.1) is 0 Å². The highest BCUT2D eigenvalue weighted by molar-refractivity contribution is 5.89. The first kappa shape index (κ1) is 15.6. The highest BCUT2D eigenvalue weighted by Gasteiger charge is 2.30. The van der Waals surface area contributed by atoms with Gasteiger partial charge in [-0.1, -0.05) is 0 Å². The van der Waals surface area contributed by atoms with Gasteiger partial charge in [0.15, 0.2) is 5.65 Å². The molecule has 0 bridgehead atoms. The summed E-state index contributed by atoms with van der Waals surface area (Å²) in [5.74, 6) is 0.804. The molecule has 0 spiro atoms. The zero-order valence-electron chi connectivity index (χ0n) is 13.8. The highest BCUT2D eigenvalue weighted by Crippen LogP contribution is 2.28. The molecule has 25 heavy (non-hydrogen) atoms. The fraction of sp³-hybridized carbons (Fsp3) is 0.278. The van der Waals surface area contributed by atoms with E-state index in [1.165, 1.54) is 12.1 Å². The van der Waals surface area contributed by atoms with Crippen molar-refractivity contribution >= 4 is 22.9 Å². The molecule has 4 rings (SSSR count). The maximum atomic E-state index is 13.0. The average Bonchev–Trinajstić information content (AvgIpc) is 3.22. The van der Waals surface area contributed by atoms with Crippen molar-refractivity contribution in [2.75, 3.05) is 18.4 Å². The van der Waals surface area contributed by atoms with Crippen molar-refractivity contribution < 1.29 is 9.18 Å². The number of pyridine rings is 1. The Bertz CT molecular complexity index is 921. The lowest BCUT2D eigenvalue weighted by molar-refractivity contribution is 0.222. The number of nitrogens with one attached hydrogen (secondary N) is 1. The summed E-state index contributed by atoms with van der Waals surface area (Å²) >= 11 is 0. The molecular formula is C18H18FN5O. The van der Waals surface area contributed by atoms with Gasteiger partial charge in [0.2, 0.25) is 0 Å². The number of aryl methyl sites for hydroxylation is 1. The van der Waals surface area contributed by atoms with Gasteiger partial charge in [-0.15, -0.1) is 0 Å². The second-order valence-electron chi connectivity index (χ2n) is 6.24. The maximum absolute atomic E-state index is 13.0. The third kappa shape index (κ3) is 2.93. The monoisotopic (exact) mass is 339 g/mol. The normalized spacial score (nSPS) is 17.2. The summed E-state index contributed by atoms with van der Waals surface area (Å²) in [5, 5.41) is 2.81. The number of benzene rings is 1. The number of fused-ring (bicyclic) bond motifs is 1. The van der Waals surface area contributed by atoms with Gasteiger partial charge in [-0.2, -0.15) is 0 Å². The average molecular weight is 339 g/mol. The SMILES string of the molecule is Cn1c(C2CCN(C(=O)Nc3ccc(F)cc3)C2)nc2cccnc21. The van der Waals surface area contributed by atoms with Crippen LogP contribution in [0.3, 0.4) is 0 Å². The molecule has 7 heteroatoms. The molecule has 3 aromatic rings. The largest absolute Gasteiger partial charge is 0.324 e. The van der Waals surface area contributed by atoms with Gasteiger partial charge in [0, 0.05) is 37.9 Å². The van der Waals surface area contributed by atoms with Crippen LogP contribution in [0.2, 0.25) is 0 Å². The number of imidazole rings is 1. The molecule has 3 heterocycles. The predicted molar refractivity (Wildman–Crippen MR) is 92.9 cm³/mol. The maximum Gasteiger partial charge on any atom is 0.321 e. The number of rotatable bonds is 2. The zero-order chi connectivity index (χ0) is 17.4. The van der Waals surface area contributed by atoms with E-state index in [1.54, 1.807) is 23.2 Å². The quantitative estimate of drug-likeness (QED) is 0.780. The minimum absolute atomic E-state index is 0.175. The summed E-state index contributed by atoms with van der Waals surface area (Å²) in [6.07, 6.45) is 2.61. The Kier molecular flexibility index (Phi) is 3.83. The first-order valence-corrected chi connectivity index (χ1v) is 8.20. The molecule has 0 aliphatic carbocycles. The van der Waals surface area contributed by atoms with Gasteiger partial charge >= 0.3 is 6.03 Å². The van der Waals surface area contributed by atoms with E-state index in [4.69, 9.17) is 0 Å². The van der Waals surface area contributed by atoms with Crippen LogP contribution < -0.4 is 5.32 Å². The van der Waals surface area contributed by atoms with Crippen molar-refractivity contribution in [1.29, 1.82) is 0 Å². The van der Waals surface area contributed by atoms with Crippen molar-refractivity contribution in [2.24, 2.45) is 7.05 Å². The van der Waals surface area contributed by atoms with Crippen LogP contribution in [0.4, 0.5) is 14.9 Å². The molecule has 1 aliphatic rings. The smallest absolute Gasteiger partial charge is 0.321 e. The summed E-state index contributed by atoms with van der Waals surface area (Å²) in [6.45, 7) is 1.26. The number of aromatic nitrogens is 3. The number of carbonyl (C=O) groups excluding carboxylic acids is 1. The number of hydrogen-bond donors (Lipinski definition) is 1. The molecule has 1 saturated heterocycles. The summed E-state index contributed by atoms with van der Waals surface area (Å²) in [4.78, 5) is 23.2. The molecule has 0 saturated carbocycles. The van der Waals surface area contributed by atoms with Crippen LogP contribution in [0, 0.1) is 5.82 Å². The molecule has 1 atom stereocenters. The van der Waals surface area contributed by atoms with E-state index in [0.29, 0.717) is 18.8 Å². The number of hydrogen-bond acceptors (Lipinski definition) is 3. The van der Waals surface area contributed by atoms with E-state index in [1.807, 2.05) is 23.7 Å². The van der Waals surface area contributed by atoms with Crippen LogP contribution >= 0.6 is 0 Å². The topological polar surface area (TPSA) is 63.1 Å². The van der Waals surface area contributed by atoms with Crippen molar-refractivity contribution in [3.8, 4) is 0 Å². The molecule has 1 N–H and O–H groups in total. The van der Waals surface area contributed by atoms with E-state index in [-0.39, 0.29) is 17.8 Å². The molecule has 1 aliphatic heterocycles. The van der Waals surface area contributed by atoms with Crippen LogP contribution in [0.5, 0.6) is 0 Å². The Morgan fingerprint density at radius 2 is 2.08 bits per heavy atom. The van der Waals surface area contributed by atoms with Crippen LogP contribution in [0.15, 0.2) is 42.6 Å². The van der Waals surface area contributed by atoms with Crippen LogP contribution in [0.1, 0.15) is 18.2 Å². The fourth-order valence-corrected chi connectivity index (χ4v) is 3.30. The van der Waals surface area contributed by atoms with Gasteiger partial charge in [0.1, 0.15) is 17.2 Å². The lowest BCUT2D eigenvalue weighted by Gasteiger charge is -2.17. The summed E-state index contributed by atoms with van der Waals surface area (Å²) < 4.78 is 15.0. The number of urea groups is 1. The Labute approximate surface area is 144 Å². The summed E-state index contributed by atoms with van der Waals surface area (Å²) in [5.41, 5.74) is 2.31. The molecule has 6 nitrogen and oxygen atoms in total. The minimum Gasteiger partial charge on any atom is -0.324 e. The standard InChI is InChI=1S/C18H18FN5O/c1-23-16(22-15-3-2-9-20-17(15)23)12-8-10-24(11-12)18(25)21-14-6-4-13(19)5-7-14/h2-7,9,12H,8,10-11H2,1H3,(H,21,25). The van der Waals surface area contributed by atoms with Crippen molar-refractivity contribution in [3.05, 3.63) is 54.2 Å². The molecule has 0 radical (unpaired) electrons. The minimum atomic E-state index is -0.324. The van der Waals surface area contributed by atoms with Gasteiger partial charge in [0.25, 0.3) is 0 Å². The third-order valence-electron chi connectivity index (χ3n) is 4.60. The molecule has 2 aromatic heterocycles. The molecular weight excluding hydrogens is 321 g/mol. The van der Waals surface area contributed by atoms with Crippen molar-refractivity contribution in [1.82, 2.24) is 19.4 Å². The Morgan fingerprint density at radius 3 is 2.84 bits per heavy atom. The Hall–Kier alpha value is -2.96. The molecule has 1 aromatic carbocycles. The molecule has 2 amide bonds. The van der Waals surface area contributed by atoms with E-state index in [2.05, 4.69) is 15.3 Å². The van der Waals surface area contributed by atoms with Gasteiger partial charge in [-0.25, -0.2) is 19.2 Å². The van der Waals surface area contributed by atoms with E-state index >= 15 is 0 Å². The number of nitrogens with zero attached hydrogens (tertiary/aromatic N) is 4. The number of anilines is 1. The number of carbonyl (C=O) groups is 1. The number of halogens is 1. The van der Waals surface area contributed by atoms with Crippen LogP contribution in [0.25, 0.3) is 11.2 Å². The zero-order valence-corrected chi connectivity index (χ0v) is 13.8. The first-order chi connectivity index (χ1) is 12.1. The van der Waals surface area contributed by atoms with Gasteiger partial charge < -0.3 is 14.8 Å². The Morgan fingerprint density at radius 1 is 1.28 bits per heavy atom. The highest BCUT2D eigenvalue weighted by atomic mass is 19.1. The van der Waals surface area contributed by atoms with Crippen LogP contribution in [-0.2, 0) is 7.05 Å². The summed E-state index contributed by atoms with van der Waals surface area (Å²) in [7, 11) is 1.96. The Balaban J connectivity index is 1.47. The lowest BCUT2D eigenvalue weighted by Crippen LogP contribution is -2.32. The fourth-order valence-electron chi connectivity index (χ4n) is 3.30. The predicted octanol–water partition coefficient (Wildman–Crippen LogP) is 3.13. The van der Waals surface area contributed by atoms with Crippen molar-refractivity contribution in [3.63, 3.8) is 0 Å².